The van der Waals surface area contributed by atoms with Crippen LogP contribution in [0.2, 0.25) is 0 Å². The number of nitrogens with zero attached hydrogens (tertiary/aromatic N) is 2. The van der Waals surface area contributed by atoms with Crippen LogP contribution in [0.15, 0.2) is 40.4 Å². The van der Waals surface area contributed by atoms with Crippen LogP contribution in [0.5, 0.6) is 0 Å². The molecular weight excluding hydrogens is 446 g/mol. The molecule has 1 N–H and O–H groups in total. The molecule has 0 radical (unpaired) electrons. The Morgan fingerprint density at radius 2 is 1.70 bits per heavy atom. The molecular formula is C23H24BrN3O3. The van der Waals surface area contributed by atoms with Gasteiger partial charge in [-0.25, -0.2) is 9.69 Å². The number of aryl methyl sites for hydroxylation is 1. The number of aromatic nitrogens is 1. The fourth-order valence-corrected chi connectivity index (χ4v) is 4.75. The van der Waals surface area contributed by atoms with E-state index in [0.717, 1.165) is 39.2 Å². The van der Waals surface area contributed by atoms with E-state index < -0.39 is 17.8 Å². The third kappa shape index (κ3) is 3.74. The maximum Gasteiger partial charge on any atom is 0.335 e. The number of rotatable bonds is 3. The zero-order valence-corrected chi connectivity index (χ0v) is 18.7. The van der Waals surface area contributed by atoms with Crippen molar-refractivity contribution in [1.82, 2.24) is 9.88 Å². The highest BCUT2D eigenvalue weighted by Crippen LogP contribution is 2.33. The van der Waals surface area contributed by atoms with Gasteiger partial charge in [0, 0.05) is 21.9 Å². The second-order valence-corrected chi connectivity index (χ2v) is 8.84. The molecule has 1 aliphatic heterocycles. The number of halogens is 1. The Morgan fingerprint density at radius 3 is 2.37 bits per heavy atom. The minimum atomic E-state index is -0.739. The Bertz CT molecular complexity index is 1050. The zero-order valence-electron chi connectivity index (χ0n) is 17.1. The summed E-state index contributed by atoms with van der Waals surface area (Å²) in [5.41, 5.74) is 3.37. The van der Waals surface area contributed by atoms with Crippen LogP contribution in [0.25, 0.3) is 6.08 Å². The Morgan fingerprint density at radius 1 is 1.03 bits per heavy atom. The number of hydrogen-bond donors (Lipinski definition) is 1. The van der Waals surface area contributed by atoms with Crippen molar-refractivity contribution in [3.63, 3.8) is 0 Å². The van der Waals surface area contributed by atoms with E-state index in [0.29, 0.717) is 11.7 Å². The van der Waals surface area contributed by atoms with E-state index in [4.69, 9.17) is 0 Å². The predicted octanol–water partition coefficient (Wildman–Crippen LogP) is 5.04. The van der Waals surface area contributed by atoms with Gasteiger partial charge in [-0.3, -0.25) is 14.9 Å². The van der Waals surface area contributed by atoms with E-state index in [2.05, 4.69) is 32.7 Å². The van der Waals surface area contributed by atoms with Crippen LogP contribution in [-0.4, -0.2) is 22.4 Å². The molecule has 1 aromatic carbocycles. The molecule has 2 aromatic rings. The normalized spacial score (nSPS) is 19.5. The van der Waals surface area contributed by atoms with Crippen molar-refractivity contribution in [1.29, 1.82) is 0 Å². The number of amides is 4. The van der Waals surface area contributed by atoms with Gasteiger partial charge < -0.3 is 4.57 Å². The van der Waals surface area contributed by atoms with Crippen LogP contribution >= 0.6 is 15.9 Å². The number of imide groups is 2. The molecule has 2 aliphatic rings. The lowest BCUT2D eigenvalue weighted by atomic mass is 9.95. The Kier molecular flexibility index (Phi) is 5.64. The quantitative estimate of drug-likeness (QED) is 0.505. The number of nitrogens with one attached hydrogen (secondary N) is 1. The van der Waals surface area contributed by atoms with Gasteiger partial charge >= 0.3 is 6.03 Å². The van der Waals surface area contributed by atoms with Gasteiger partial charge in [-0.15, -0.1) is 0 Å². The van der Waals surface area contributed by atoms with Gasteiger partial charge in [0.25, 0.3) is 11.8 Å². The molecule has 1 saturated heterocycles. The van der Waals surface area contributed by atoms with E-state index in [1.165, 1.54) is 19.3 Å². The van der Waals surface area contributed by atoms with Crippen LogP contribution in [0.1, 0.15) is 55.1 Å². The number of urea groups is 1. The van der Waals surface area contributed by atoms with Crippen molar-refractivity contribution in [2.75, 3.05) is 4.90 Å². The van der Waals surface area contributed by atoms with Crippen molar-refractivity contribution >= 4 is 45.5 Å². The van der Waals surface area contributed by atoms with Crippen LogP contribution in [0, 0.1) is 13.8 Å². The molecule has 0 unspecified atom stereocenters. The molecule has 1 aromatic heterocycles. The van der Waals surface area contributed by atoms with E-state index in [-0.39, 0.29) is 5.57 Å². The lowest BCUT2D eigenvalue weighted by Gasteiger charge is -2.27. The second kappa shape index (κ2) is 8.22. The Labute approximate surface area is 184 Å². The summed E-state index contributed by atoms with van der Waals surface area (Å²) in [7, 11) is 0. The minimum absolute atomic E-state index is 0.0404. The fraction of sp³-hybridized carbons (Fsp3) is 0.348. The van der Waals surface area contributed by atoms with Gasteiger partial charge in [0.2, 0.25) is 0 Å². The lowest BCUT2D eigenvalue weighted by Crippen LogP contribution is -2.54. The van der Waals surface area contributed by atoms with Gasteiger partial charge in [0.1, 0.15) is 5.57 Å². The van der Waals surface area contributed by atoms with Crippen LogP contribution in [0.4, 0.5) is 10.5 Å². The van der Waals surface area contributed by atoms with Crippen molar-refractivity contribution in [2.24, 2.45) is 0 Å². The summed E-state index contributed by atoms with van der Waals surface area (Å²) in [4.78, 5) is 39.0. The molecule has 30 heavy (non-hydrogen) atoms. The van der Waals surface area contributed by atoms with Gasteiger partial charge in [-0.05, 0) is 68.7 Å². The average molecular weight is 470 g/mol. The Hall–Kier alpha value is -2.67. The molecule has 6 nitrogen and oxygen atoms in total. The first-order chi connectivity index (χ1) is 14.4. The van der Waals surface area contributed by atoms with Crippen LogP contribution < -0.4 is 10.2 Å². The molecule has 4 amide bonds. The summed E-state index contributed by atoms with van der Waals surface area (Å²) in [5.74, 6) is -1.28. The largest absolute Gasteiger partial charge is 0.346 e. The number of anilines is 1. The number of barbiturate groups is 1. The highest BCUT2D eigenvalue weighted by molar-refractivity contribution is 9.10. The number of carbonyl (C=O) groups is 3. The van der Waals surface area contributed by atoms with Crippen molar-refractivity contribution in [2.45, 2.75) is 52.0 Å². The highest BCUT2D eigenvalue weighted by atomic mass is 79.9. The van der Waals surface area contributed by atoms with Gasteiger partial charge in [0.05, 0.1) is 5.69 Å². The van der Waals surface area contributed by atoms with Gasteiger partial charge in [-0.1, -0.05) is 35.2 Å². The Balaban J connectivity index is 1.70. The van der Waals surface area contributed by atoms with Gasteiger partial charge in [-0.2, -0.15) is 0 Å². The highest BCUT2D eigenvalue weighted by Gasteiger charge is 2.37. The third-order valence-electron chi connectivity index (χ3n) is 5.95. The molecule has 2 fully saturated rings. The summed E-state index contributed by atoms with van der Waals surface area (Å²) in [6, 6.07) is 8.53. The summed E-state index contributed by atoms with van der Waals surface area (Å²) in [6.07, 6.45) is 7.64. The second-order valence-electron chi connectivity index (χ2n) is 7.92. The molecule has 0 spiro atoms. The number of hydrogen-bond acceptors (Lipinski definition) is 3. The predicted molar refractivity (Wildman–Crippen MR) is 119 cm³/mol. The van der Waals surface area contributed by atoms with E-state index in [1.807, 2.05) is 13.0 Å². The first kappa shape index (κ1) is 20.6. The molecule has 7 heteroatoms. The zero-order chi connectivity index (χ0) is 21.4. The topological polar surface area (TPSA) is 71.4 Å². The standard InChI is InChI=1S/C23H24BrN3O3/c1-14-12-16(15(2)26(14)18-6-4-3-5-7-18)13-20-21(28)25-23(30)27(22(20)29)19-10-8-17(24)9-11-19/h8-13,18H,3-7H2,1-2H3,(H,25,28,30)/b20-13-. The van der Waals surface area contributed by atoms with Gasteiger partial charge in [0.15, 0.2) is 0 Å². The molecule has 156 valence electrons. The van der Waals surface area contributed by atoms with E-state index in [9.17, 15) is 14.4 Å². The fourth-order valence-electron chi connectivity index (χ4n) is 4.49. The maximum absolute atomic E-state index is 13.1. The number of benzene rings is 1. The molecule has 1 aliphatic carbocycles. The summed E-state index contributed by atoms with van der Waals surface area (Å²) >= 11 is 3.34. The smallest absolute Gasteiger partial charge is 0.335 e. The first-order valence-corrected chi connectivity index (χ1v) is 11.0. The summed E-state index contributed by atoms with van der Waals surface area (Å²) in [5, 5.41) is 2.29. The summed E-state index contributed by atoms with van der Waals surface area (Å²) in [6.45, 7) is 4.08. The molecule has 0 bridgehead atoms. The van der Waals surface area contributed by atoms with Crippen LogP contribution in [0.3, 0.4) is 0 Å². The first-order valence-electron chi connectivity index (χ1n) is 10.2. The minimum Gasteiger partial charge on any atom is -0.346 e. The average Bonchev–Trinajstić information content (AvgIpc) is 3.00. The summed E-state index contributed by atoms with van der Waals surface area (Å²) < 4.78 is 3.16. The maximum atomic E-state index is 13.1. The molecule has 2 heterocycles. The molecule has 4 rings (SSSR count). The lowest BCUT2D eigenvalue weighted by molar-refractivity contribution is -0.122. The number of carbonyl (C=O) groups excluding carboxylic acids is 3. The van der Waals surface area contributed by atoms with E-state index in [1.54, 1.807) is 30.3 Å². The molecule has 1 saturated carbocycles. The van der Waals surface area contributed by atoms with Crippen LogP contribution in [-0.2, 0) is 9.59 Å². The molecule has 0 atom stereocenters. The van der Waals surface area contributed by atoms with Crippen molar-refractivity contribution in [3.05, 3.63) is 57.3 Å². The third-order valence-corrected chi connectivity index (χ3v) is 6.48. The monoisotopic (exact) mass is 469 g/mol. The van der Waals surface area contributed by atoms with Crippen molar-refractivity contribution in [3.8, 4) is 0 Å². The van der Waals surface area contributed by atoms with Crippen molar-refractivity contribution < 1.29 is 14.4 Å². The SMILES string of the molecule is Cc1cc(/C=C2/C(=O)NC(=O)N(c3ccc(Br)cc3)C2=O)c(C)n1C1CCCCC1. The van der Waals surface area contributed by atoms with E-state index >= 15 is 0 Å².